The van der Waals surface area contributed by atoms with Crippen molar-refractivity contribution in [1.82, 2.24) is 9.78 Å². The topological polar surface area (TPSA) is 59.6 Å². The standard InChI is InChI=1S/C12H18BrN3O2/c1-8-12(13)11(16(2)14-8)7-18-10-5-3-9(15-17)4-6-10/h10,17H,3-7H2,1-2H3. The lowest BCUT2D eigenvalue weighted by atomic mass is 9.96. The summed E-state index contributed by atoms with van der Waals surface area (Å²) >= 11 is 3.53. The number of hydrogen-bond acceptors (Lipinski definition) is 4. The average molecular weight is 316 g/mol. The smallest absolute Gasteiger partial charge is 0.0900 e. The Morgan fingerprint density at radius 3 is 2.67 bits per heavy atom. The molecule has 100 valence electrons. The van der Waals surface area contributed by atoms with Crippen LogP contribution in [0.2, 0.25) is 0 Å². The molecule has 1 aromatic rings. The molecule has 6 heteroatoms. The first kappa shape index (κ1) is 13.5. The van der Waals surface area contributed by atoms with E-state index in [1.165, 1.54) is 0 Å². The van der Waals surface area contributed by atoms with Gasteiger partial charge in [-0.1, -0.05) is 5.16 Å². The van der Waals surface area contributed by atoms with Gasteiger partial charge in [-0.2, -0.15) is 5.10 Å². The van der Waals surface area contributed by atoms with Gasteiger partial charge in [0.1, 0.15) is 0 Å². The van der Waals surface area contributed by atoms with Gasteiger partial charge in [-0.05, 0) is 48.5 Å². The molecule has 1 saturated carbocycles. The van der Waals surface area contributed by atoms with E-state index in [1.807, 2.05) is 18.7 Å². The van der Waals surface area contributed by atoms with E-state index in [9.17, 15) is 0 Å². The monoisotopic (exact) mass is 315 g/mol. The molecule has 0 unspecified atom stereocenters. The Morgan fingerprint density at radius 2 is 2.17 bits per heavy atom. The SMILES string of the molecule is Cc1nn(C)c(COC2CCC(=NO)CC2)c1Br. The number of halogens is 1. The van der Waals surface area contributed by atoms with Gasteiger partial charge in [-0.25, -0.2) is 0 Å². The largest absolute Gasteiger partial charge is 0.411 e. The Balaban J connectivity index is 1.89. The lowest BCUT2D eigenvalue weighted by Gasteiger charge is -2.22. The molecule has 2 rings (SSSR count). The minimum Gasteiger partial charge on any atom is -0.411 e. The van der Waals surface area contributed by atoms with E-state index in [1.54, 1.807) is 0 Å². The molecular formula is C12H18BrN3O2. The Bertz CT molecular complexity index is 446. The molecule has 0 aliphatic heterocycles. The molecule has 0 atom stereocenters. The third-order valence-electron chi connectivity index (χ3n) is 3.37. The molecule has 1 heterocycles. The van der Waals surface area contributed by atoms with Crippen LogP contribution in [0.4, 0.5) is 0 Å². The number of oxime groups is 1. The Hall–Kier alpha value is -0.880. The molecule has 0 spiro atoms. The predicted molar refractivity (Wildman–Crippen MR) is 71.9 cm³/mol. The van der Waals surface area contributed by atoms with Gasteiger partial charge in [0.2, 0.25) is 0 Å². The van der Waals surface area contributed by atoms with Crippen molar-refractivity contribution < 1.29 is 9.94 Å². The second-order valence-electron chi connectivity index (χ2n) is 4.65. The summed E-state index contributed by atoms with van der Waals surface area (Å²) in [5, 5.41) is 16.3. The van der Waals surface area contributed by atoms with Gasteiger partial charge < -0.3 is 9.94 Å². The number of hydrogen-bond donors (Lipinski definition) is 1. The molecule has 0 saturated heterocycles. The van der Waals surface area contributed by atoms with Gasteiger partial charge in [0, 0.05) is 7.05 Å². The van der Waals surface area contributed by atoms with E-state index < -0.39 is 0 Å². The highest BCUT2D eigenvalue weighted by Crippen LogP contribution is 2.24. The van der Waals surface area contributed by atoms with Gasteiger partial charge in [-0.3, -0.25) is 4.68 Å². The summed E-state index contributed by atoms with van der Waals surface area (Å²) in [4.78, 5) is 0. The van der Waals surface area contributed by atoms with E-state index in [0.29, 0.717) is 6.61 Å². The molecule has 18 heavy (non-hydrogen) atoms. The molecule has 0 radical (unpaired) electrons. The van der Waals surface area contributed by atoms with Crippen LogP contribution in [-0.4, -0.2) is 26.8 Å². The molecule has 1 aliphatic rings. The first-order valence-electron chi connectivity index (χ1n) is 6.11. The van der Waals surface area contributed by atoms with Crippen LogP contribution in [0.15, 0.2) is 9.63 Å². The molecule has 5 nitrogen and oxygen atoms in total. The average Bonchev–Trinajstić information content (AvgIpc) is 2.62. The molecule has 0 amide bonds. The van der Waals surface area contributed by atoms with Crippen molar-refractivity contribution in [2.24, 2.45) is 12.2 Å². The van der Waals surface area contributed by atoms with Gasteiger partial charge >= 0.3 is 0 Å². The summed E-state index contributed by atoms with van der Waals surface area (Å²) in [6.07, 6.45) is 3.75. The van der Waals surface area contributed by atoms with E-state index in [4.69, 9.17) is 9.94 Å². The van der Waals surface area contributed by atoms with Crippen molar-refractivity contribution in [3.8, 4) is 0 Å². The number of nitrogens with zero attached hydrogens (tertiary/aromatic N) is 3. The van der Waals surface area contributed by atoms with E-state index in [-0.39, 0.29) is 6.10 Å². The fraction of sp³-hybridized carbons (Fsp3) is 0.667. The quantitative estimate of drug-likeness (QED) is 0.689. The summed E-state index contributed by atoms with van der Waals surface area (Å²) in [7, 11) is 1.92. The first-order valence-corrected chi connectivity index (χ1v) is 6.90. The van der Waals surface area contributed by atoms with Crippen LogP contribution in [0.5, 0.6) is 0 Å². The van der Waals surface area contributed by atoms with E-state index in [0.717, 1.165) is 47.3 Å². The number of rotatable bonds is 3. The second kappa shape index (κ2) is 5.84. The zero-order valence-electron chi connectivity index (χ0n) is 10.7. The summed E-state index contributed by atoms with van der Waals surface area (Å²) in [6.45, 7) is 2.53. The summed E-state index contributed by atoms with van der Waals surface area (Å²) < 4.78 is 8.79. The van der Waals surface area contributed by atoms with Crippen LogP contribution in [0.3, 0.4) is 0 Å². The highest BCUT2D eigenvalue weighted by molar-refractivity contribution is 9.10. The normalized spacial score (nSPS) is 20.2. The highest BCUT2D eigenvalue weighted by atomic mass is 79.9. The minimum atomic E-state index is 0.248. The Kier molecular flexibility index (Phi) is 4.40. The zero-order valence-corrected chi connectivity index (χ0v) is 12.3. The molecule has 0 aromatic carbocycles. The van der Waals surface area contributed by atoms with Gasteiger partial charge in [0.05, 0.1) is 34.3 Å². The van der Waals surface area contributed by atoms with Crippen molar-refractivity contribution in [1.29, 1.82) is 0 Å². The molecule has 1 aromatic heterocycles. The van der Waals surface area contributed by atoms with Crippen LogP contribution in [0.25, 0.3) is 0 Å². The van der Waals surface area contributed by atoms with Crippen molar-refractivity contribution in [3.63, 3.8) is 0 Å². The van der Waals surface area contributed by atoms with Crippen molar-refractivity contribution in [3.05, 3.63) is 15.9 Å². The number of aromatic nitrogens is 2. The van der Waals surface area contributed by atoms with Crippen LogP contribution >= 0.6 is 15.9 Å². The summed E-state index contributed by atoms with van der Waals surface area (Å²) in [6, 6.07) is 0. The van der Waals surface area contributed by atoms with Crippen molar-refractivity contribution >= 4 is 21.6 Å². The van der Waals surface area contributed by atoms with Crippen LogP contribution in [0, 0.1) is 6.92 Å². The molecule has 1 N–H and O–H groups in total. The van der Waals surface area contributed by atoms with Gasteiger partial charge in [-0.15, -0.1) is 0 Å². The second-order valence-corrected chi connectivity index (χ2v) is 5.44. The highest BCUT2D eigenvalue weighted by Gasteiger charge is 2.20. The van der Waals surface area contributed by atoms with Crippen LogP contribution in [-0.2, 0) is 18.4 Å². The molecule has 1 aliphatic carbocycles. The summed E-state index contributed by atoms with van der Waals surface area (Å²) in [5.41, 5.74) is 2.93. The Labute approximate surface area is 115 Å². The van der Waals surface area contributed by atoms with Crippen molar-refractivity contribution in [2.75, 3.05) is 0 Å². The molecular weight excluding hydrogens is 298 g/mol. The first-order chi connectivity index (χ1) is 8.61. The predicted octanol–water partition coefficient (Wildman–Crippen LogP) is 2.78. The number of aryl methyl sites for hydroxylation is 2. The van der Waals surface area contributed by atoms with Gasteiger partial charge in [0.15, 0.2) is 0 Å². The fourth-order valence-electron chi connectivity index (χ4n) is 2.22. The summed E-state index contributed by atoms with van der Waals surface area (Å²) in [5.74, 6) is 0. The molecule has 0 bridgehead atoms. The Morgan fingerprint density at radius 1 is 1.50 bits per heavy atom. The zero-order chi connectivity index (χ0) is 13.1. The maximum Gasteiger partial charge on any atom is 0.0900 e. The van der Waals surface area contributed by atoms with E-state index in [2.05, 4.69) is 26.2 Å². The minimum absolute atomic E-state index is 0.248. The maximum atomic E-state index is 8.69. The lowest BCUT2D eigenvalue weighted by molar-refractivity contribution is 0.0242. The fourth-order valence-corrected chi connectivity index (χ4v) is 2.68. The number of ether oxygens (including phenoxy) is 1. The van der Waals surface area contributed by atoms with Crippen LogP contribution < -0.4 is 0 Å². The third-order valence-corrected chi connectivity index (χ3v) is 4.40. The lowest BCUT2D eigenvalue weighted by Crippen LogP contribution is -2.22. The van der Waals surface area contributed by atoms with E-state index >= 15 is 0 Å². The maximum absolute atomic E-state index is 8.69. The van der Waals surface area contributed by atoms with Crippen molar-refractivity contribution in [2.45, 2.75) is 45.3 Å². The molecule has 1 fully saturated rings. The van der Waals surface area contributed by atoms with Gasteiger partial charge in [0.25, 0.3) is 0 Å². The van der Waals surface area contributed by atoms with Crippen LogP contribution in [0.1, 0.15) is 37.1 Å². The third kappa shape index (κ3) is 2.92.